The van der Waals surface area contributed by atoms with Crippen molar-refractivity contribution >= 4 is 5.95 Å². The standard InChI is InChI=1S/C14H21N5O/c1-10-8-19(11(2)9-20-4)14(17-10)16-7-13-5-6-15-12(3)18-13/h5-6,8,11H,7,9H2,1-4H3,(H,16,17). The van der Waals surface area contributed by atoms with Crippen LogP contribution in [-0.2, 0) is 11.3 Å². The minimum Gasteiger partial charge on any atom is -0.383 e. The summed E-state index contributed by atoms with van der Waals surface area (Å²) in [5.41, 5.74) is 1.93. The van der Waals surface area contributed by atoms with Gasteiger partial charge in [-0.15, -0.1) is 0 Å². The minimum atomic E-state index is 0.232. The number of hydrogen-bond donors (Lipinski definition) is 1. The third-order valence-corrected chi connectivity index (χ3v) is 3.00. The summed E-state index contributed by atoms with van der Waals surface area (Å²) < 4.78 is 7.29. The zero-order valence-electron chi connectivity index (χ0n) is 12.4. The molecule has 0 bridgehead atoms. The molecule has 0 spiro atoms. The summed E-state index contributed by atoms with van der Waals surface area (Å²) in [6, 6.07) is 2.13. The maximum absolute atomic E-state index is 5.20. The molecule has 1 atom stereocenters. The van der Waals surface area contributed by atoms with E-state index in [4.69, 9.17) is 4.74 Å². The Hall–Kier alpha value is -1.95. The maximum Gasteiger partial charge on any atom is 0.203 e. The number of aromatic nitrogens is 4. The highest BCUT2D eigenvalue weighted by Gasteiger charge is 2.11. The quantitative estimate of drug-likeness (QED) is 0.874. The molecule has 108 valence electrons. The van der Waals surface area contributed by atoms with Crippen LogP contribution in [0.4, 0.5) is 5.95 Å². The van der Waals surface area contributed by atoms with E-state index in [1.165, 1.54) is 0 Å². The van der Waals surface area contributed by atoms with Crippen LogP contribution in [0.3, 0.4) is 0 Å². The van der Waals surface area contributed by atoms with Gasteiger partial charge in [-0.25, -0.2) is 15.0 Å². The molecule has 0 radical (unpaired) electrons. The van der Waals surface area contributed by atoms with Gasteiger partial charge in [0, 0.05) is 19.5 Å². The molecule has 6 nitrogen and oxygen atoms in total. The zero-order chi connectivity index (χ0) is 14.5. The van der Waals surface area contributed by atoms with Crippen LogP contribution in [0.15, 0.2) is 18.5 Å². The van der Waals surface area contributed by atoms with Crippen molar-refractivity contribution in [2.75, 3.05) is 19.0 Å². The third kappa shape index (κ3) is 3.54. The number of rotatable bonds is 6. The molecular formula is C14H21N5O. The largest absolute Gasteiger partial charge is 0.383 e. The summed E-state index contributed by atoms with van der Waals surface area (Å²) in [6.45, 7) is 7.24. The Kier molecular flexibility index (Phi) is 4.68. The highest BCUT2D eigenvalue weighted by Crippen LogP contribution is 2.16. The lowest BCUT2D eigenvalue weighted by atomic mass is 10.3. The van der Waals surface area contributed by atoms with Crippen LogP contribution in [0.5, 0.6) is 0 Å². The fourth-order valence-electron chi connectivity index (χ4n) is 2.08. The summed E-state index contributed by atoms with van der Waals surface area (Å²) in [4.78, 5) is 13.0. The molecule has 0 aliphatic heterocycles. The summed E-state index contributed by atoms with van der Waals surface area (Å²) in [5, 5.41) is 3.32. The van der Waals surface area contributed by atoms with Crippen LogP contribution in [0.25, 0.3) is 0 Å². The molecule has 2 aromatic rings. The van der Waals surface area contributed by atoms with E-state index in [2.05, 4.69) is 31.8 Å². The lowest BCUT2D eigenvalue weighted by molar-refractivity contribution is 0.163. The van der Waals surface area contributed by atoms with Gasteiger partial charge in [-0.3, -0.25) is 0 Å². The highest BCUT2D eigenvalue weighted by molar-refractivity contribution is 5.30. The lowest BCUT2D eigenvalue weighted by Gasteiger charge is -2.16. The van der Waals surface area contributed by atoms with Crippen molar-refractivity contribution in [2.24, 2.45) is 0 Å². The van der Waals surface area contributed by atoms with Gasteiger partial charge in [0.15, 0.2) is 0 Å². The topological polar surface area (TPSA) is 64.9 Å². The van der Waals surface area contributed by atoms with E-state index < -0.39 is 0 Å². The second-order valence-electron chi connectivity index (χ2n) is 4.87. The Balaban J connectivity index is 2.09. The highest BCUT2D eigenvalue weighted by atomic mass is 16.5. The molecule has 0 saturated carbocycles. The van der Waals surface area contributed by atoms with Crippen molar-refractivity contribution < 1.29 is 4.74 Å². The van der Waals surface area contributed by atoms with Crippen molar-refractivity contribution in [3.05, 3.63) is 35.7 Å². The van der Waals surface area contributed by atoms with Gasteiger partial charge in [0.1, 0.15) is 5.82 Å². The van der Waals surface area contributed by atoms with E-state index in [9.17, 15) is 0 Å². The molecule has 1 N–H and O–H groups in total. The number of ether oxygens (including phenoxy) is 1. The second kappa shape index (κ2) is 6.47. The number of hydrogen-bond acceptors (Lipinski definition) is 5. The number of anilines is 1. The average molecular weight is 275 g/mol. The van der Waals surface area contributed by atoms with Crippen molar-refractivity contribution in [3.63, 3.8) is 0 Å². The number of imidazole rings is 1. The molecule has 1 unspecified atom stereocenters. The number of aryl methyl sites for hydroxylation is 2. The van der Waals surface area contributed by atoms with E-state index in [0.29, 0.717) is 13.2 Å². The van der Waals surface area contributed by atoms with Gasteiger partial charge in [-0.05, 0) is 26.8 Å². The molecule has 0 fully saturated rings. The first-order valence-electron chi connectivity index (χ1n) is 6.67. The van der Waals surface area contributed by atoms with Gasteiger partial charge in [-0.2, -0.15) is 0 Å². The van der Waals surface area contributed by atoms with E-state index in [0.717, 1.165) is 23.2 Å². The SMILES string of the molecule is COCC(C)n1cc(C)nc1NCc1ccnc(C)n1. The van der Waals surface area contributed by atoms with Gasteiger partial charge in [0.05, 0.1) is 30.6 Å². The second-order valence-corrected chi connectivity index (χ2v) is 4.87. The predicted molar refractivity (Wildman–Crippen MR) is 77.6 cm³/mol. The van der Waals surface area contributed by atoms with Gasteiger partial charge < -0.3 is 14.6 Å². The van der Waals surface area contributed by atoms with Crippen LogP contribution in [0.2, 0.25) is 0 Å². The smallest absolute Gasteiger partial charge is 0.203 e. The normalized spacial score (nSPS) is 12.4. The molecule has 0 aliphatic carbocycles. The molecular weight excluding hydrogens is 254 g/mol. The van der Waals surface area contributed by atoms with Crippen LogP contribution in [-0.4, -0.2) is 33.2 Å². The molecule has 0 amide bonds. The zero-order valence-corrected chi connectivity index (χ0v) is 12.4. The number of nitrogens with zero attached hydrogens (tertiary/aromatic N) is 4. The Bertz CT molecular complexity index is 566. The van der Waals surface area contributed by atoms with Gasteiger partial charge in [0.25, 0.3) is 0 Å². The van der Waals surface area contributed by atoms with E-state index in [1.54, 1.807) is 13.3 Å². The van der Waals surface area contributed by atoms with E-state index >= 15 is 0 Å². The first kappa shape index (κ1) is 14.5. The fraction of sp³-hybridized carbons (Fsp3) is 0.500. The summed E-state index contributed by atoms with van der Waals surface area (Å²) in [6.07, 6.45) is 3.79. The van der Waals surface area contributed by atoms with E-state index in [-0.39, 0.29) is 6.04 Å². The first-order valence-corrected chi connectivity index (χ1v) is 6.67. The Morgan fingerprint density at radius 3 is 2.85 bits per heavy atom. The summed E-state index contributed by atoms with van der Waals surface area (Å²) >= 11 is 0. The fourth-order valence-corrected chi connectivity index (χ4v) is 2.08. The third-order valence-electron chi connectivity index (χ3n) is 3.00. The molecule has 6 heteroatoms. The number of nitrogens with one attached hydrogen (secondary N) is 1. The molecule has 2 rings (SSSR count). The van der Waals surface area contributed by atoms with Gasteiger partial charge in [0.2, 0.25) is 5.95 Å². The number of methoxy groups -OCH3 is 1. The van der Waals surface area contributed by atoms with Crippen molar-refractivity contribution in [3.8, 4) is 0 Å². The van der Waals surface area contributed by atoms with Crippen LogP contribution >= 0.6 is 0 Å². The Morgan fingerprint density at radius 1 is 1.35 bits per heavy atom. The molecule has 2 heterocycles. The van der Waals surface area contributed by atoms with Gasteiger partial charge >= 0.3 is 0 Å². The predicted octanol–water partition coefficient (Wildman–Crippen LogP) is 2.11. The van der Waals surface area contributed by atoms with Crippen molar-refractivity contribution in [2.45, 2.75) is 33.4 Å². The van der Waals surface area contributed by atoms with Gasteiger partial charge in [-0.1, -0.05) is 0 Å². The molecule has 0 aromatic carbocycles. The first-order chi connectivity index (χ1) is 9.60. The van der Waals surface area contributed by atoms with Crippen molar-refractivity contribution in [1.82, 2.24) is 19.5 Å². The monoisotopic (exact) mass is 275 g/mol. The van der Waals surface area contributed by atoms with Crippen molar-refractivity contribution in [1.29, 1.82) is 0 Å². The molecule has 20 heavy (non-hydrogen) atoms. The summed E-state index contributed by atoms with van der Waals surface area (Å²) in [5.74, 6) is 1.61. The maximum atomic E-state index is 5.20. The van der Waals surface area contributed by atoms with Crippen LogP contribution in [0.1, 0.15) is 30.2 Å². The average Bonchev–Trinajstić information content (AvgIpc) is 2.78. The lowest BCUT2D eigenvalue weighted by Crippen LogP contribution is -2.14. The summed E-state index contributed by atoms with van der Waals surface area (Å²) in [7, 11) is 1.71. The van der Waals surface area contributed by atoms with Crippen LogP contribution in [0, 0.1) is 13.8 Å². The molecule has 2 aromatic heterocycles. The van der Waals surface area contributed by atoms with Crippen LogP contribution < -0.4 is 5.32 Å². The molecule has 0 saturated heterocycles. The Labute approximate surface area is 119 Å². The molecule has 0 aliphatic rings. The van der Waals surface area contributed by atoms with E-state index in [1.807, 2.05) is 26.1 Å². The minimum absolute atomic E-state index is 0.232. The Morgan fingerprint density at radius 2 is 2.15 bits per heavy atom.